The van der Waals surface area contributed by atoms with Crippen molar-refractivity contribution in [1.82, 2.24) is 10.2 Å². The summed E-state index contributed by atoms with van der Waals surface area (Å²) in [7, 11) is 0. The summed E-state index contributed by atoms with van der Waals surface area (Å²) >= 11 is 0. The van der Waals surface area contributed by atoms with Crippen LogP contribution in [0.5, 0.6) is 0 Å². The molecule has 2 amide bonds. The van der Waals surface area contributed by atoms with E-state index in [2.05, 4.69) is 12.2 Å². The highest BCUT2D eigenvalue weighted by molar-refractivity contribution is 5.94. The van der Waals surface area contributed by atoms with E-state index < -0.39 is 0 Å². The van der Waals surface area contributed by atoms with Crippen molar-refractivity contribution in [2.45, 2.75) is 25.7 Å². The Morgan fingerprint density at radius 2 is 2.29 bits per heavy atom. The molecule has 5 nitrogen and oxygen atoms in total. The quantitative estimate of drug-likeness (QED) is 0.862. The Kier molecular flexibility index (Phi) is 3.82. The van der Waals surface area contributed by atoms with Crippen LogP contribution in [0.3, 0.4) is 0 Å². The first-order valence-corrected chi connectivity index (χ1v) is 7.47. The van der Waals surface area contributed by atoms with E-state index in [9.17, 15) is 9.59 Å². The summed E-state index contributed by atoms with van der Waals surface area (Å²) in [4.78, 5) is 25.1. The topological polar surface area (TPSA) is 62.6 Å². The molecular weight excluding hydrogens is 268 g/mol. The first-order chi connectivity index (χ1) is 10.1. The van der Waals surface area contributed by atoms with Gasteiger partial charge in [-0.3, -0.25) is 9.59 Å². The molecule has 0 radical (unpaired) electrons. The molecule has 2 heterocycles. The third-order valence-electron chi connectivity index (χ3n) is 4.09. The molecular formula is C16H20N2O3. The molecule has 1 aliphatic carbocycles. The van der Waals surface area contributed by atoms with Crippen LogP contribution in [0.1, 0.15) is 37.2 Å². The van der Waals surface area contributed by atoms with E-state index >= 15 is 0 Å². The van der Waals surface area contributed by atoms with E-state index in [0.717, 1.165) is 12.2 Å². The number of amides is 2. The zero-order valence-electron chi connectivity index (χ0n) is 12.2. The van der Waals surface area contributed by atoms with Gasteiger partial charge in [0.25, 0.3) is 0 Å². The highest BCUT2D eigenvalue weighted by atomic mass is 16.3. The molecule has 1 N–H and O–H groups in total. The number of carbonyl (C=O) groups is 2. The lowest BCUT2D eigenvalue weighted by Crippen LogP contribution is -2.36. The smallest absolute Gasteiger partial charge is 0.247 e. The van der Waals surface area contributed by atoms with E-state index in [-0.39, 0.29) is 18.4 Å². The molecule has 2 atom stereocenters. The maximum Gasteiger partial charge on any atom is 0.247 e. The number of rotatable bonds is 3. The van der Waals surface area contributed by atoms with E-state index in [0.29, 0.717) is 30.7 Å². The predicted octanol–water partition coefficient (Wildman–Crippen LogP) is 1.76. The normalized spacial score (nSPS) is 25.8. The standard InChI is InChI=1S/C16H20N2O3/c1-11-9-13(11)14-5-3-12(21-14)4-6-16(20)18-8-2-7-17-15(19)10-18/h3-6,11,13H,2,7-10H2,1H3,(H,17,19). The van der Waals surface area contributed by atoms with Gasteiger partial charge in [-0.2, -0.15) is 0 Å². The number of hydrogen-bond acceptors (Lipinski definition) is 3. The van der Waals surface area contributed by atoms with Gasteiger partial charge in [-0.1, -0.05) is 6.92 Å². The minimum atomic E-state index is -0.148. The van der Waals surface area contributed by atoms with Crippen molar-refractivity contribution in [3.8, 4) is 0 Å². The molecule has 0 bridgehead atoms. The van der Waals surface area contributed by atoms with Gasteiger partial charge in [-0.05, 0) is 37.0 Å². The minimum Gasteiger partial charge on any atom is -0.461 e. The van der Waals surface area contributed by atoms with Crippen LogP contribution in [-0.4, -0.2) is 36.3 Å². The van der Waals surface area contributed by atoms with Crippen molar-refractivity contribution in [2.75, 3.05) is 19.6 Å². The molecule has 1 saturated carbocycles. The van der Waals surface area contributed by atoms with Crippen LogP contribution in [0.2, 0.25) is 0 Å². The summed E-state index contributed by atoms with van der Waals surface area (Å²) in [5.74, 6) is 2.69. The average Bonchev–Trinajstić information content (AvgIpc) is 3.08. The summed E-state index contributed by atoms with van der Waals surface area (Å²) in [6.45, 7) is 3.57. The summed E-state index contributed by atoms with van der Waals surface area (Å²) in [6.07, 6.45) is 5.13. The second kappa shape index (κ2) is 5.76. The van der Waals surface area contributed by atoms with Crippen molar-refractivity contribution in [3.63, 3.8) is 0 Å². The Morgan fingerprint density at radius 1 is 1.48 bits per heavy atom. The number of nitrogens with zero attached hydrogens (tertiary/aromatic N) is 1. The number of furan rings is 1. The molecule has 1 aromatic heterocycles. The van der Waals surface area contributed by atoms with E-state index in [1.54, 1.807) is 11.0 Å². The Labute approximate surface area is 124 Å². The van der Waals surface area contributed by atoms with Crippen LogP contribution in [0, 0.1) is 5.92 Å². The molecule has 5 heteroatoms. The van der Waals surface area contributed by atoms with Gasteiger partial charge in [-0.15, -0.1) is 0 Å². The fourth-order valence-corrected chi connectivity index (χ4v) is 2.63. The molecule has 21 heavy (non-hydrogen) atoms. The molecule has 0 spiro atoms. The van der Waals surface area contributed by atoms with Crippen LogP contribution in [0.25, 0.3) is 6.08 Å². The fraction of sp³-hybridized carbons (Fsp3) is 0.500. The molecule has 1 aliphatic heterocycles. The number of nitrogens with one attached hydrogen (secondary N) is 1. The lowest BCUT2D eigenvalue weighted by atomic mass is 10.3. The maximum absolute atomic E-state index is 12.1. The van der Waals surface area contributed by atoms with Crippen LogP contribution < -0.4 is 5.32 Å². The number of carbonyl (C=O) groups excluding carboxylic acids is 2. The monoisotopic (exact) mass is 288 g/mol. The predicted molar refractivity (Wildman–Crippen MR) is 78.5 cm³/mol. The van der Waals surface area contributed by atoms with Crippen LogP contribution in [-0.2, 0) is 9.59 Å². The zero-order chi connectivity index (χ0) is 14.8. The molecule has 2 unspecified atom stereocenters. The molecule has 3 rings (SSSR count). The van der Waals surface area contributed by atoms with Crippen LogP contribution >= 0.6 is 0 Å². The first-order valence-electron chi connectivity index (χ1n) is 7.47. The van der Waals surface area contributed by atoms with Crippen molar-refractivity contribution in [1.29, 1.82) is 0 Å². The van der Waals surface area contributed by atoms with Gasteiger partial charge in [0.2, 0.25) is 11.8 Å². The summed E-state index contributed by atoms with van der Waals surface area (Å²) in [5, 5.41) is 2.75. The second-order valence-corrected chi connectivity index (χ2v) is 5.86. The summed E-state index contributed by atoms with van der Waals surface area (Å²) in [6, 6.07) is 3.87. The third-order valence-corrected chi connectivity index (χ3v) is 4.09. The van der Waals surface area contributed by atoms with Gasteiger partial charge in [0.05, 0.1) is 6.54 Å². The lowest BCUT2D eigenvalue weighted by Gasteiger charge is -2.16. The van der Waals surface area contributed by atoms with Crippen molar-refractivity contribution < 1.29 is 14.0 Å². The van der Waals surface area contributed by atoms with Crippen molar-refractivity contribution >= 4 is 17.9 Å². The number of hydrogen-bond donors (Lipinski definition) is 1. The van der Waals surface area contributed by atoms with Crippen molar-refractivity contribution in [3.05, 3.63) is 29.7 Å². The molecule has 2 fully saturated rings. The third kappa shape index (κ3) is 3.35. The van der Waals surface area contributed by atoms with Crippen LogP contribution in [0.15, 0.2) is 22.6 Å². The Bertz CT molecular complexity index is 576. The lowest BCUT2D eigenvalue weighted by molar-refractivity contribution is -0.131. The van der Waals surface area contributed by atoms with E-state index in [1.807, 2.05) is 12.1 Å². The maximum atomic E-state index is 12.1. The SMILES string of the molecule is CC1CC1c1ccc(C=CC(=O)N2CCCNC(=O)C2)o1. The molecule has 112 valence electrons. The zero-order valence-corrected chi connectivity index (χ0v) is 12.2. The highest BCUT2D eigenvalue weighted by Gasteiger charge is 2.36. The Hall–Kier alpha value is -2.04. The van der Waals surface area contributed by atoms with Gasteiger partial charge in [0.1, 0.15) is 11.5 Å². The van der Waals surface area contributed by atoms with Crippen molar-refractivity contribution in [2.24, 2.45) is 5.92 Å². The summed E-state index contributed by atoms with van der Waals surface area (Å²) in [5.41, 5.74) is 0. The Morgan fingerprint density at radius 3 is 3.05 bits per heavy atom. The molecule has 1 saturated heterocycles. The minimum absolute atomic E-state index is 0.0998. The summed E-state index contributed by atoms with van der Waals surface area (Å²) < 4.78 is 5.72. The fourth-order valence-electron chi connectivity index (χ4n) is 2.63. The van der Waals surface area contributed by atoms with Gasteiger partial charge in [0, 0.05) is 25.1 Å². The van der Waals surface area contributed by atoms with E-state index in [4.69, 9.17) is 4.42 Å². The largest absolute Gasteiger partial charge is 0.461 e. The van der Waals surface area contributed by atoms with Crippen LogP contribution in [0.4, 0.5) is 0 Å². The van der Waals surface area contributed by atoms with Gasteiger partial charge in [0.15, 0.2) is 0 Å². The molecule has 1 aromatic rings. The first kappa shape index (κ1) is 13.9. The Balaban J connectivity index is 1.60. The molecule has 2 aliphatic rings. The van der Waals surface area contributed by atoms with Gasteiger partial charge in [-0.25, -0.2) is 0 Å². The van der Waals surface area contributed by atoms with E-state index in [1.165, 1.54) is 12.5 Å². The second-order valence-electron chi connectivity index (χ2n) is 5.86. The van der Waals surface area contributed by atoms with Gasteiger partial charge >= 0.3 is 0 Å². The average molecular weight is 288 g/mol. The van der Waals surface area contributed by atoms with Gasteiger partial charge < -0.3 is 14.6 Å². The molecule has 0 aromatic carbocycles. The highest BCUT2D eigenvalue weighted by Crippen LogP contribution is 2.47.